The summed E-state index contributed by atoms with van der Waals surface area (Å²) in [5.74, 6) is 2.11. The van der Waals surface area contributed by atoms with Gasteiger partial charge < -0.3 is 4.81 Å². The number of fused-ring (bicyclic) bond motifs is 2. The fourth-order valence-electron chi connectivity index (χ4n) is 5.82. The highest BCUT2D eigenvalue weighted by Gasteiger charge is 2.55. The van der Waals surface area contributed by atoms with Crippen LogP contribution in [0.25, 0.3) is 0 Å². The molecule has 0 radical (unpaired) electrons. The number of rotatable bonds is 4. The smallest absolute Gasteiger partial charge is 0.336 e. The molecule has 34 heavy (non-hydrogen) atoms. The molecule has 0 fully saturated rings. The molecule has 2 aliphatic rings. The van der Waals surface area contributed by atoms with Gasteiger partial charge in [0, 0.05) is 22.8 Å². The third kappa shape index (κ3) is 3.08. The van der Waals surface area contributed by atoms with E-state index in [1.54, 1.807) is 0 Å². The Hall–Kier alpha value is -3.53. The van der Waals surface area contributed by atoms with Gasteiger partial charge in [-0.1, -0.05) is 82.3 Å². The van der Waals surface area contributed by atoms with Crippen molar-refractivity contribution in [3.63, 3.8) is 0 Å². The molecule has 1 aromatic heterocycles. The zero-order chi connectivity index (χ0) is 23.4. The largest absolute Gasteiger partial charge is 0.543 e. The summed E-state index contributed by atoms with van der Waals surface area (Å²) in [5.41, 5.74) is 9.53. The average molecular weight is 444 g/mol. The summed E-state index contributed by atoms with van der Waals surface area (Å²) < 4.78 is 2.39. The highest BCUT2D eigenvalue weighted by molar-refractivity contribution is 6.85. The monoisotopic (exact) mass is 444 g/mol. The van der Waals surface area contributed by atoms with Crippen molar-refractivity contribution in [2.75, 3.05) is 9.62 Å². The lowest BCUT2D eigenvalue weighted by atomic mass is 9.58. The van der Waals surface area contributed by atoms with Crippen molar-refractivity contribution in [2.24, 2.45) is 0 Å². The van der Waals surface area contributed by atoms with Crippen molar-refractivity contribution >= 4 is 35.3 Å². The first kappa shape index (κ1) is 21.0. The molecule has 3 heterocycles. The molecule has 0 unspecified atom stereocenters. The second-order valence-corrected chi connectivity index (χ2v) is 10.1. The van der Waals surface area contributed by atoms with E-state index in [-0.39, 0.29) is 6.98 Å². The Morgan fingerprint density at radius 3 is 2.09 bits per heavy atom. The van der Waals surface area contributed by atoms with Gasteiger partial charge in [0.1, 0.15) is 12.2 Å². The van der Waals surface area contributed by atoms with E-state index in [4.69, 9.17) is 0 Å². The van der Waals surface area contributed by atoms with Crippen LogP contribution in [0.5, 0.6) is 0 Å². The second kappa shape index (κ2) is 8.05. The molecule has 0 amide bonds. The average Bonchev–Trinajstić information content (AvgIpc) is 3.20. The molecular weight excluding hydrogens is 413 g/mol. The number of anilines is 4. The molecule has 0 aliphatic carbocycles. The first-order chi connectivity index (χ1) is 16.6. The summed E-state index contributed by atoms with van der Waals surface area (Å²) in [5, 5.41) is 0. The Morgan fingerprint density at radius 2 is 1.38 bits per heavy atom. The summed E-state index contributed by atoms with van der Waals surface area (Å²) >= 11 is 0. The number of hydrogen-bond acceptors (Lipinski definition) is 2. The maximum Gasteiger partial charge on any atom is 0.543 e. The highest BCUT2D eigenvalue weighted by atomic mass is 15.4. The highest BCUT2D eigenvalue weighted by Crippen LogP contribution is 2.49. The molecule has 3 aromatic carbocycles. The van der Waals surface area contributed by atoms with Gasteiger partial charge in [-0.25, -0.2) is 4.57 Å². The topological polar surface area (TPSA) is 10.4 Å². The zero-order valence-corrected chi connectivity index (χ0v) is 20.4. The molecule has 0 atom stereocenters. The SMILES string of the molecule is CC(C)c1cccc(C(C)C)c1B1N(c2ccccc2)c2cccc3c2N1c1cccc[n+]1C3. The van der Waals surface area contributed by atoms with Crippen LogP contribution in [-0.2, 0) is 6.54 Å². The van der Waals surface area contributed by atoms with Crippen LogP contribution in [-0.4, -0.2) is 6.98 Å². The van der Waals surface area contributed by atoms with Crippen LogP contribution in [0, 0.1) is 0 Å². The fourth-order valence-corrected chi connectivity index (χ4v) is 5.82. The minimum absolute atomic E-state index is 0.0449. The lowest BCUT2D eigenvalue weighted by Crippen LogP contribution is -2.59. The van der Waals surface area contributed by atoms with Gasteiger partial charge in [-0.2, -0.15) is 0 Å². The molecule has 168 valence electrons. The summed E-state index contributed by atoms with van der Waals surface area (Å²) in [6.07, 6.45) is 2.21. The number of pyridine rings is 1. The first-order valence-electron chi connectivity index (χ1n) is 12.4. The number of hydrogen-bond donors (Lipinski definition) is 0. The Kier molecular flexibility index (Phi) is 4.98. The number of nitrogens with zero attached hydrogens (tertiary/aromatic N) is 3. The second-order valence-electron chi connectivity index (χ2n) is 10.1. The molecule has 0 saturated heterocycles. The number of benzene rings is 3. The minimum Gasteiger partial charge on any atom is -0.336 e. The van der Waals surface area contributed by atoms with Crippen molar-refractivity contribution < 1.29 is 4.57 Å². The van der Waals surface area contributed by atoms with Crippen LogP contribution >= 0.6 is 0 Å². The zero-order valence-electron chi connectivity index (χ0n) is 20.4. The number of aromatic nitrogens is 1. The number of para-hydroxylation sites is 2. The van der Waals surface area contributed by atoms with Crippen LogP contribution in [0.3, 0.4) is 0 Å². The standard InChI is InChI=1S/C30H31BN3/c1-21(2)25-15-11-16-26(22(3)4)29(25)31-33(24-13-6-5-7-14-24)27-17-10-12-23-20-32-19-9-8-18-28(32)34(31)30(23)27/h5-19,21-22H,20H2,1-4H3/q+1. The predicted molar refractivity (Wildman–Crippen MR) is 143 cm³/mol. The Morgan fingerprint density at radius 1 is 0.706 bits per heavy atom. The third-order valence-electron chi connectivity index (χ3n) is 7.30. The quantitative estimate of drug-likeness (QED) is 0.271. The summed E-state index contributed by atoms with van der Waals surface area (Å²) in [7, 11) is 0. The first-order valence-corrected chi connectivity index (χ1v) is 12.4. The van der Waals surface area contributed by atoms with Crippen LogP contribution in [0.2, 0.25) is 0 Å². The lowest BCUT2D eigenvalue weighted by Gasteiger charge is -2.30. The maximum absolute atomic E-state index is 2.59. The van der Waals surface area contributed by atoms with E-state index in [1.165, 1.54) is 45.0 Å². The summed E-state index contributed by atoms with van der Waals surface area (Å²) in [4.78, 5) is 5.16. The maximum atomic E-state index is 2.59. The molecular formula is C30H31BN3+. The van der Waals surface area contributed by atoms with Crippen molar-refractivity contribution in [3.05, 3.63) is 108 Å². The Bertz CT molecular complexity index is 1340. The van der Waals surface area contributed by atoms with Crippen molar-refractivity contribution in [2.45, 2.75) is 46.1 Å². The summed E-state index contributed by atoms with van der Waals surface area (Å²) in [6, 6.07) is 31.2. The van der Waals surface area contributed by atoms with E-state index in [0.717, 1.165) is 6.54 Å². The van der Waals surface area contributed by atoms with E-state index in [0.29, 0.717) is 11.8 Å². The van der Waals surface area contributed by atoms with E-state index >= 15 is 0 Å². The van der Waals surface area contributed by atoms with E-state index in [9.17, 15) is 0 Å². The molecule has 6 rings (SSSR count). The molecule has 0 N–H and O–H groups in total. The van der Waals surface area contributed by atoms with Gasteiger partial charge in [-0.3, -0.25) is 4.81 Å². The molecule has 0 bridgehead atoms. The molecule has 0 spiro atoms. The molecule has 2 aliphatic heterocycles. The normalized spacial score (nSPS) is 14.1. The molecule has 3 nitrogen and oxygen atoms in total. The van der Waals surface area contributed by atoms with Crippen LogP contribution in [0.15, 0.2) is 91.1 Å². The fraction of sp³-hybridized carbons (Fsp3) is 0.233. The molecule has 0 saturated carbocycles. The van der Waals surface area contributed by atoms with Crippen LogP contribution in [0.1, 0.15) is 56.2 Å². The summed E-state index contributed by atoms with van der Waals surface area (Å²) in [6.45, 7) is 10.2. The predicted octanol–water partition coefficient (Wildman–Crippen LogP) is 6.27. The van der Waals surface area contributed by atoms with E-state index in [1.807, 2.05) is 0 Å². The van der Waals surface area contributed by atoms with Gasteiger partial charge in [0.05, 0.1) is 11.9 Å². The van der Waals surface area contributed by atoms with E-state index in [2.05, 4.69) is 133 Å². The lowest BCUT2D eigenvalue weighted by molar-refractivity contribution is -0.676. The van der Waals surface area contributed by atoms with Gasteiger partial charge in [-0.15, -0.1) is 0 Å². The minimum atomic E-state index is 0.0449. The van der Waals surface area contributed by atoms with Crippen molar-refractivity contribution in [1.82, 2.24) is 0 Å². The van der Waals surface area contributed by atoms with Crippen LogP contribution < -0.4 is 19.7 Å². The van der Waals surface area contributed by atoms with Gasteiger partial charge in [0.25, 0.3) is 5.82 Å². The van der Waals surface area contributed by atoms with Crippen molar-refractivity contribution in [3.8, 4) is 0 Å². The van der Waals surface area contributed by atoms with Gasteiger partial charge in [0.2, 0.25) is 0 Å². The Labute approximate surface area is 203 Å². The van der Waals surface area contributed by atoms with Gasteiger partial charge in [0.15, 0.2) is 0 Å². The van der Waals surface area contributed by atoms with Crippen LogP contribution in [0.4, 0.5) is 22.9 Å². The third-order valence-corrected chi connectivity index (χ3v) is 7.30. The van der Waals surface area contributed by atoms with E-state index < -0.39 is 0 Å². The molecule has 4 heteroatoms. The Balaban J connectivity index is 1.71. The van der Waals surface area contributed by atoms with Gasteiger partial charge in [-0.05, 0) is 47.2 Å². The molecule has 4 aromatic rings. The van der Waals surface area contributed by atoms with Gasteiger partial charge >= 0.3 is 6.98 Å². The van der Waals surface area contributed by atoms with Crippen molar-refractivity contribution in [1.29, 1.82) is 0 Å².